The topological polar surface area (TPSA) is 151 Å². The second kappa shape index (κ2) is 8.20. The Hall–Kier alpha value is -2.31. The minimum absolute atomic E-state index is 0.375. The molecule has 1 aliphatic rings. The van der Waals surface area contributed by atoms with Gasteiger partial charge in [-0.25, -0.2) is 14.6 Å². The van der Waals surface area contributed by atoms with Crippen molar-refractivity contribution in [3.8, 4) is 0 Å². The van der Waals surface area contributed by atoms with Gasteiger partial charge in [-0.3, -0.25) is 0 Å². The number of aryl methyl sites for hydroxylation is 1. The highest BCUT2D eigenvalue weighted by Crippen LogP contribution is 2.41. The van der Waals surface area contributed by atoms with Crippen molar-refractivity contribution in [2.75, 3.05) is 17.6 Å². The summed E-state index contributed by atoms with van der Waals surface area (Å²) in [7, 11) is 0. The van der Waals surface area contributed by atoms with Crippen molar-refractivity contribution in [1.29, 1.82) is 0 Å². The van der Waals surface area contributed by atoms with E-state index in [-0.39, 0.29) is 5.92 Å². The summed E-state index contributed by atoms with van der Waals surface area (Å²) in [6.45, 7) is 6.57. The molecule has 4 atom stereocenters. The van der Waals surface area contributed by atoms with Gasteiger partial charge in [0.25, 0.3) is 0 Å². The molecular weight excluding hydrogens is 394 g/mol. The Balaban J connectivity index is 1.72. The Morgan fingerprint density at radius 1 is 1.17 bits per heavy atom. The molecule has 0 aromatic carbocycles. The van der Waals surface area contributed by atoms with E-state index >= 15 is 0 Å². The largest absolute Gasteiger partial charge is 0.390 e. The van der Waals surface area contributed by atoms with Crippen molar-refractivity contribution < 1.29 is 10.2 Å². The number of thioether (sulfide) groups is 1. The van der Waals surface area contributed by atoms with Gasteiger partial charge in [0.15, 0.2) is 22.1 Å². The number of anilines is 1. The molecule has 29 heavy (non-hydrogen) atoms. The summed E-state index contributed by atoms with van der Waals surface area (Å²) in [5.41, 5.74) is 1.09. The molecule has 0 saturated heterocycles. The van der Waals surface area contributed by atoms with Crippen LogP contribution in [0.2, 0.25) is 0 Å². The highest BCUT2D eigenvalue weighted by Gasteiger charge is 2.46. The molecule has 1 fully saturated rings. The third-order valence-corrected chi connectivity index (χ3v) is 6.07. The first kappa shape index (κ1) is 20.0. The number of nitrogens with one attached hydrogen (secondary N) is 2. The second-order valence-electron chi connectivity index (χ2n) is 7.13. The van der Waals surface area contributed by atoms with Crippen LogP contribution in [-0.2, 0) is 0 Å². The lowest BCUT2D eigenvalue weighted by Crippen LogP contribution is -2.29. The van der Waals surface area contributed by atoms with Gasteiger partial charge in [0.05, 0.1) is 12.1 Å². The molecule has 0 aliphatic heterocycles. The van der Waals surface area contributed by atoms with E-state index in [0.717, 1.165) is 12.2 Å². The summed E-state index contributed by atoms with van der Waals surface area (Å²) in [6.07, 6.45) is -0.575. The van der Waals surface area contributed by atoms with Crippen LogP contribution in [0.3, 0.4) is 0 Å². The number of hydrogen-bond donors (Lipinski definition) is 4. The molecule has 12 heteroatoms. The van der Waals surface area contributed by atoms with Crippen molar-refractivity contribution in [3.63, 3.8) is 0 Å². The Morgan fingerprint density at radius 3 is 2.69 bits per heavy atom. The molecule has 3 heterocycles. The third-order valence-electron chi connectivity index (χ3n) is 5.02. The van der Waals surface area contributed by atoms with Gasteiger partial charge in [0.1, 0.15) is 17.8 Å². The van der Waals surface area contributed by atoms with E-state index in [9.17, 15) is 10.2 Å². The number of aliphatic hydroxyl groups excluding tert-OH is 2. The molecular formula is C17H25N9O2S. The molecule has 4 N–H and O–H groups in total. The Morgan fingerprint density at radius 2 is 2.00 bits per heavy atom. The lowest BCUT2D eigenvalue weighted by molar-refractivity contribution is 0.0146. The second-order valence-corrected chi connectivity index (χ2v) is 8.19. The van der Waals surface area contributed by atoms with E-state index in [4.69, 9.17) is 0 Å². The van der Waals surface area contributed by atoms with Crippen LogP contribution in [0, 0.1) is 6.92 Å². The van der Waals surface area contributed by atoms with Crippen LogP contribution >= 0.6 is 11.8 Å². The summed E-state index contributed by atoms with van der Waals surface area (Å²) in [6, 6.07) is -0.487. The van der Waals surface area contributed by atoms with Crippen molar-refractivity contribution >= 4 is 28.7 Å². The Kier molecular flexibility index (Phi) is 5.65. The van der Waals surface area contributed by atoms with Crippen LogP contribution < -0.4 is 5.32 Å². The van der Waals surface area contributed by atoms with E-state index in [1.807, 2.05) is 6.92 Å². The number of rotatable bonds is 7. The Bertz CT molecular complexity index is 991. The highest BCUT2D eigenvalue weighted by atomic mass is 32.2. The lowest BCUT2D eigenvalue weighted by atomic mass is 10.1. The van der Waals surface area contributed by atoms with Crippen molar-refractivity contribution in [2.24, 2.45) is 0 Å². The predicted octanol–water partition coefficient (Wildman–Crippen LogP) is 1.03. The SMILES string of the molecule is CCCSc1nc(NCC)c2nnn([C@@H]3C[C@H](c4nnc(C)[nH]4)[C@@H](O)[C@H]3O)c2n1. The van der Waals surface area contributed by atoms with Gasteiger partial charge in [0.2, 0.25) is 0 Å². The molecule has 0 radical (unpaired) electrons. The van der Waals surface area contributed by atoms with Gasteiger partial charge in [0, 0.05) is 18.2 Å². The molecule has 3 aromatic heterocycles. The molecule has 0 spiro atoms. The molecule has 0 amide bonds. The summed E-state index contributed by atoms with van der Waals surface area (Å²) in [5.74, 6) is 2.37. The zero-order valence-corrected chi connectivity index (χ0v) is 17.4. The minimum atomic E-state index is -1.03. The number of aromatic nitrogens is 8. The van der Waals surface area contributed by atoms with E-state index in [2.05, 4.69) is 47.7 Å². The third kappa shape index (κ3) is 3.67. The molecule has 11 nitrogen and oxygen atoms in total. The number of nitrogens with zero attached hydrogens (tertiary/aromatic N) is 7. The van der Waals surface area contributed by atoms with Crippen LogP contribution in [0.15, 0.2) is 5.16 Å². The van der Waals surface area contributed by atoms with Gasteiger partial charge in [-0.05, 0) is 26.7 Å². The molecule has 4 rings (SSSR count). The van der Waals surface area contributed by atoms with E-state index in [1.54, 1.807) is 23.4 Å². The van der Waals surface area contributed by atoms with Crippen molar-refractivity contribution in [3.05, 3.63) is 11.6 Å². The minimum Gasteiger partial charge on any atom is -0.390 e. The van der Waals surface area contributed by atoms with Gasteiger partial charge in [-0.15, -0.1) is 15.3 Å². The number of aromatic amines is 1. The van der Waals surface area contributed by atoms with E-state index in [1.165, 1.54) is 0 Å². The van der Waals surface area contributed by atoms with Gasteiger partial charge in [-0.1, -0.05) is 23.9 Å². The van der Waals surface area contributed by atoms with E-state index in [0.29, 0.717) is 46.8 Å². The molecule has 1 saturated carbocycles. The molecule has 0 unspecified atom stereocenters. The normalized spacial score (nSPS) is 24.4. The average molecular weight is 420 g/mol. The van der Waals surface area contributed by atoms with Crippen LogP contribution in [0.5, 0.6) is 0 Å². The smallest absolute Gasteiger partial charge is 0.191 e. The van der Waals surface area contributed by atoms with E-state index < -0.39 is 18.2 Å². The maximum Gasteiger partial charge on any atom is 0.191 e. The first-order valence-electron chi connectivity index (χ1n) is 9.78. The summed E-state index contributed by atoms with van der Waals surface area (Å²) in [4.78, 5) is 12.3. The maximum atomic E-state index is 10.7. The number of aliphatic hydroxyl groups is 2. The standard InChI is InChI=1S/C17H25N9O2S/c1-4-6-29-17-20-15(18-5-2)11-16(21-17)26(25-23-11)10-7-9(12(27)13(10)28)14-19-8(3)22-24-14/h9-10,12-13,27-28H,4-7H2,1-3H3,(H,18,20,21)(H,19,22,24)/t9-,10+,12+,13-/m0/s1. The summed E-state index contributed by atoms with van der Waals surface area (Å²) < 4.78 is 1.60. The number of H-pyrrole nitrogens is 1. The van der Waals surface area contributed by atoms with Crippen molar-refractivity contribution in [2.45, 2.75) is 62.9 Å². The fourth-order valence-corrected chi connectivity index (χ4v) is 4.33. The van der Waals surface area contributed by atoms with Gasteiger partial charge in [-0.2, -0.15) is 0 Å². The monoisotopic (exact) mass is 419 g/mol. The molecule has 3 aromatic rings. The van der Waals surface area contributed by atoms with Crippen LogP contribution in [0.25, 0.3) is 11.2 Å². The maximum absolute atomic E-state index is 10.7. The zero-order chi connectivity index (χ0) is 20.5. The fourth-order valence-electron chi connectivity index (χ4n) is 3.64. The zero-order valence-electron chi connectivity index (χ0n) is 16.6. The van der Waals surface area contributed by atoms with Crippen LogP contribution in [-0.4, -0.2) is 74.9 Å². The van der Waals surface area contributed by atoms with Gasteiger partial charge >= 0.3 is 0 Å². The van der Waals surface area contributed by atoms with Crippen LogP contribution in [0.4, 0.5) is 5.82 Å². The quantitative estimate of drug-likeness (QED) is 0.323. The van der Waals surface area contributed by atoms with Crippen LogP contribution in [0.1, 0.15) is 50.3 Å². The average Bonchev–Trinajstić information content (AvgIpc) is 3.39. The van der Waals surface area contributed by atoms with Gasteiger partial charge < -0.3 is 20.5 Å². The number of hydrogen-bond acceptors (Lipinski definition) is 10. The molecule has 1 aliphatic carbocycles. The first-order valence-corrected chi connectivity index (χ1v) is 10.8. The summed E-state index contributed by atoms with van der Waals surface area (Å²) in [5, 5.41) is 41.8. The lowest BCUT2D eigenvalue weighted by Gasteiger charge is -2.17. The Labute approximate surface area is 171 Å². The van der Waals surface area contributed by atoms with Crippen molar-refractivity contribution in [1.82, 2.24) is 40.1 Å². The first-order chi connectivity index (χ1) is 14.0. The number of fused-ring (bicyclic) bond motifs is 1. The molecule has 156 valence electrons. The fraction of sp³-hybridized carbons (Fsp3) is 0.647. The summed E-state index contributed by atoms with van der Waals surface area (Å²) >= 11 is 1.57. The highest BCUT2D eigenvalue weighted by molar-refractivity contribution is 7.99. The predicted molar refractivity (Wildman–Crippen MR) is 108 cm³/mol. The molecule has 0 bridgehead atoms.